The van der Waals surface area contributed by atoms with Gasteiger partial charge < -0.3 is 10.8 Å². The van der Waals surface area contributed by atoms with Gasteiger partial charge in [-0.2, -0.15) is 5.10 Å². The van der Waals surface area contributed by atoms with Gasteiger partial charge in [0.15, 0.2) is 0 Å². The van der Waals surface area contributed by atoms with E-state index in [1.165, 1.54) is 10.7 Å². The quantitative estimate of drug-likeness (QED) is 0.704. The summed E-state index contributed by atoms with van der Waals surface area (Å²) in [6.45, 7) is 0.537. The standard InChI is InChI=1S/C10H11N3O/c11-7-8-6-10(14)13(12-8)9-4-2-1-3-5-9/h1-6,14H,7,11H2. The first-order valence-electron chi connectivity index (χ1n) is 4.42. The first kappa shape index (κ1) is 8.77. The van der Waals surface area contributed by atoms with Crippen LogP contribution < -0.4 is 10.8 Å². The van der Waals surface area contributed by atoms with E-state index >= 15 is 0 Å². The van der Waals surface area contributed by atoms with Gasteiger partial charge in [-0.1, -0.05) is 18.2 Å². The summed E-state index contributed by atoms with van der Waals surface area (Å²) in [7, 11) is 0. The van der Waals surface area contributed by atoms with Gasteiger partial charge in [-0.15, -0.1) is 0 Å². The molecule has 2 rings (SSSR count). The minimum atomic E-state index is -0.102. The van der Waals surface area contributed by atoms with Crippen LogP contribution in [0.4, 0.5) is 0 Å². The van der Waals surface area contributed by atoms with E-state index in [0.717, 1.165) is 11.4 Å². The fourth-order valence-corrected chi connectivity index (χ4v) is 1.29. The zero-order chi connectivity index (χ0) is 9.97. The summed E-state index contributed by atoms with van der Waals surface area (Å²) in [5, 5.41) is 15.6. The summed E-state index contributed by atoms with van der Waals surface area (Å²) in [5.41, 5.74) is 5.20. The molecule has 4 heteroatoms. The predicted octanol–water partition coefficient (Wildman–Crippen LogP) is -0.312. The largest absolute Gasteiger partial charge is 0.859 e. The smallest absolute Gasteiger partial charge is 0.119 e. The van der Waals surface area contributed by atoms with Crippen molar-refractivity contribution >= 4 is 0 Å². The average Bonchev–Trinajstić information content (AvgIpc) is 2.61. The summed E-state index contributed by atoms with van der Waals surface area (Å²) >= 11 is 0. The fourth-order valence-electron chi connectivity index (χ4n) is 1.29. The lowest BCUT2D eigenvalue weighted by atomic mass is 10.3. The maximum Gasteiger partial charge on any atom is 0.119 e. The van der Waals surface area contributed by atoms with Gasteiger partial charge in [0, 0.05) is 0 Å². The number of aromatic nitrogens is 2. The van der Waals surface area contributed by atoms with Gasteiger partial charge in [-0.05, 0) is 24.1 Å². The van der Waals surface area contributed by atoms with Crippen molar-refractivity contribution in [3.05, 3.63) is 42.1 Å². The first-order chi connectivity index (χ1) is 6.81. The van der Waals surface area contributed by atoms with E-state index in [-0.39, 0.29) is 5.88 Å². The number of para-hydroxylation sites is 1. The number of nitrogens with zero attached hydrogens (tertiary/aromatic N) is 2. The van der Waals surface area contributed by atoms with Gasteiger partial charge in [0.1, 0.15) is 12.2 Å². The molecule has 4 nitrogen and oxygen atoms in total. The van der Waals surface area contributed by atoms with Crippen LogP contribution in [0.3, 0.4) is 0 Å². The lowest BCUT2D eigenvalue weighted by molar-refractivity contribution is -0.387. The zero-order valence-electron chi connectivity index (χ0n) is 7.68. The highest BCUT2D eigenvalue weighted by Crippen LogP contribution is 2.14. The number of hydrogen-bond donors (Lipinski definition) is 1. The van der Waals surface area contributed by atoms with Crippen LogP contribution in [-0.2, 0) is 6.54 Å². The molecule has 3 N–H and O–H groups in total. The second-order valence-corrected chi connectivity index (χ2v) is 2.97. The second kappa shape index (κ2) is 3.51. The maximum absolute atomic E-state index is 11.5. The molecule has 0 saturated heterocycles. The van der Waals surface area contributed by atoms with Crippen LogP contribution in [0.1, 0.15) is 5.69 Å². The summed E-state index contributed by atoms with van der Waals surface area (Å²) in [6.07, 6.45) is 0. The Morgan fingerprint density at radius 2 is 2.00 bits per heavy atom. The molecule has 0 fully saturated rings. The molecule has 1 aromatic heterocycles. The van der Waals surface area contributed by atoms with Crippen LogP contribution in [0, 0.1) is 0 Å². The molecule has 72 valence electrons. The Labute approximate surface area is 81.6 Å². The molecular weight excluding hydrogens is 178 g/mol. The van der Waals surface area contributed by atoms with Crippen LogP contribution in [-0.4, -0.2) is 9.78 Å². The Morgan fingerprint density at radius 3 is 2.57 bits per heavy atom. The molecule has 0 amide bonds. The van der Waals surface area contributed by atoms with Crippen LogP contribution >= 0.6 is 0 Å². The van der Waals surface area contributed by atoms with Gasteiger partial charge in [0.25, 0.3) is 0 Å². The van der Waals surface area contributed by atoms with Gasteiger partial charge in [0.05, 0.1) is 5.69 Å². The summed E-state index contributed by atoms with van der Waals surface area (Å²) in [6, 6.07) is 10.9. The minimum Gasteiger partial charge on any atom is -0.859 e. The van der Waals surface area contributed by atoms with E-state index in [1.807, 2.05) is 30.3 Å². The lowest BCUT2D eigenvalue weighted by Gasteiger charge is -2.08. The highest BCUT2D eigenvalue weighted by atomic mass is 16.3. The Morgan fingerprint density at radius 1 is 1.29 bits per heavy atom. The van der Waals surface area contributed by atoms with Crippen molar-refractivity contribution in [3.8, 4) is 11.6 Å². The third-order valence-electron chi connectivity index (χ3n) is 1.98. The predicted molar refractivity (Wildman–Crippen MR) is 49.6 cm³/mol. The third kappa shape index (κ3) is 1.47. The van der Waals surface area contributed by atoms with Gasteiger partial charge in [-0.3, -0.25) is 0 Å². The third-order valence-corrected chi connectivity index (χ3v) is 1.98. The highest BCUT2D eigenvalue weighted by Gasteiger charge is 2.01. The normalized spacial score (nSPS) is 10.4. The molecule has 0 aliphatic heterocycles. The molecule has 0 aliphatic rings. The van der Waals surface area contributed by atoms with Gasteiger partial charge in [-0.25, -0.2) is 4.68 Å². The lowest BCUT2D eigenvalue weighted by Crippen LogP contribution is -2.47. The molecule has 0 spiro atoms. The van der Waals surface area contributed by atoms with Crippen LogP contribution in [0.5, 0.6) is 5.88 Å². The molecule has 2 aromatic rings. The monoisotopic (exact) mass is 189 g/mol. The van der Waals surface area contributed by atoms with Gasteiger partial charge >= 0.3 is 0 Å². The van der Waals surface area contributed by atoms with Crippen LogP contribution in [0.2, 0.25) is 0 Å². The topological polar surface area (TPSA) is 68.5 Å². The molecule has 0 saturated carbocycles. The van der Waals surface area contributed by atoms with Crippen molar-refractivity contribution in [1.82, 2.24) is 9.78 Å². The van der Waals surface area contributed by atoms with E-state index in [1.54, 1.807) is 0 Å². The number of quaternary nitrogens is 1. The Balaban J connectivity index is 2.46. The molecule has 0 bridgehead atoms. The molecule has 1 heterocycles. The van der Waals surface area contributed by atoms with Crippen molar-refractivity contribution in [2.75, 3.05) is 0 Å². The SMILES string of the molecule is [NH3+]Cc1cc([O-])n(-c2ccccc2)n1. The number of benzene rings is 1. The molecular formula is C10H11N3O. The van der Waals surface area contributed by atoms with Crippen LogP contribution in [0.15, 0.2) is 36.4 Å². The van der Waals surface area contributed by atoms with E-state index in [2.05, 4.69) is 10.8 Å². The average molecular weight is 189 g/mol. The summed E-state index contributed by atoms with van der Waals surface area (Å²) < 4.78 is 1.39. The van der Waals surface area contributed by atoms with E-state index in [0.29, 0.717) is 6.54 Å². The number of hydrogen-bond acceptors (Lipinski definition) is 2. The first-order valence-corrected chi connectivity index (χ1v) is 4.42. The molecule has 0 atom stereocenters. The molecule has 0 radical (unpaired) electrons. The molecule has 14 heavy (non-hydrogen) atoms. The Bertz CT molecular complexity index is 422. The molecule has 0 unspecified atom stereocenters. The van der Waals surface area contributed by atoms with E-state index in [9.17, 15) is 5.11 Å². The second-order valence-electron chi connectivity index (χ2n) is 2.97. The van der Waals surface area contributed by atoms with Crippen molar-refractivity contribution in [2.45, 2.75) is 6.54 Å². The van der Waals surface area contributed by atoms with Crippen molar-refractivity contribution in [1.29, 1.82) is 0 Å². The van der Waals surface area contributed by atoms with Gasteiger partial charge in [0.2, 0.25) is 0 Å². The Hall–Kier alpha value is -1.81. The number of rotatable bonds is 2. The molecule has 1 aromatic carbocycles. The zero-order valence-corrected chi connectivity index (χ0v) is 7.68. The summed E-state index contributed by atoms with van der Waals surface area (Å²) in [5.74, 6) is -0.102. The van der Waals surface area contributed by atoms with E-state index < -0.39 is 0 Å². The van der Waals surface area contributed by atoms with Crippen molar-refractivity contribution in [3.63, 3.8) is 0 Å². The van der Waals surface area contributed by atoms with Crippen LogP contribution in [0.25, 0.3) is 5.69 Å². The van der Waals surface area contributed by atoms with Crippen molar-refractivity contribution < 1.29 is 10.8 Å². The Kier molecular flexibility index (Phi) is 2.20. The van der Waals surface area contributed by atoms with E-state index in [4.69, 9.17) is 0 Å². The maximum atomic E-state index is 11.5. The molecule has 0 aliphatic carbocycles. The highest BCUT2D eigenvalue weighted by molar-refractivity contribution is 5.34. The fraction of sp³-hybridized carbons (Fsp3) is 0.100. The summed E-state index contributed by atoms with van der Waals surface area (Å²) in [4.78, 5) is 0. The minimum absolute atomic E-state index is 0.102. The van der Waals surface area contributed by atoms with Crippen molar-refractivity contribution in [2.24, 2.45) is 0 Å².